The van der Waals surface area contributed by atoms with Crippen LogP contribution in [0, 0.1) is 0 Å². The minimum Gasteiger partial charge on any atom is -0.478 e. The quantitative estimate of drug-likeness (QED) is 0.554. The number of carboxylic acid groups (broad SMARTS) is 1. The van der Waals surface area contributed by atoms with Crippen LogP contribution in [0.25, 0.3) is 11.1 Å². The average molecular weight is 464 g/mol. The zero-order valence-electron chi connectivity index (χ0n) is 17.1. The number of nitrogens with zero attached hydrogens (tertiary/aromatic N) is 1. The number of rotatable bonds is 5. The molecule has 0 unspecified atom stereocenters. The van der Waals surface area contributed by atoms with Crippen LogP contribution >= 0.6 is 0 Å². The van der Waals surface area contributed by atoms with Crippen molar-refractivity contribution in [2.24, 2.45) is 0 Å². The Morgan fingerprint density at radius 2 is 1.52 bits per heavy atom. The lowest BCUT2D eigenvalue weighted by molar-refractivity contribution is 0.0697. The second kappa shape index (κ2) is 7.99. The van der Waals surface area contributed by atoms with Gasteiger partial charge in [-0.15, -0.1) is 0 Å². The van der Waals surface area contributed by atoms with Crippen molar-refractivity contribution < 1.29 is 32.7 Å². The summed E-state index contributed by atoms with van der Waals surface area (Å²) in [6.07, 6.45) is 0.807. The van der Waals surface area contributed by atoms with Gasteiger partial charge < -0.3 is 5.11 Å². The Balaban J connectivity index is 1.75. The van der Waals surface area contributed by atoms with E-state index < -0.39 is 33.7 Å². The van der Waals surface area contributed by atoms with Crippen LogP contribution in [0.1, 0.15) is 41.4 Å². The Hall–Kier alpha value is -4.31. The number of anilines is 1. The maximum Gasteiger partial charge on any atom is 0.337 e. The molecular weight excluding hydrogens is 448 g/mol. The fourth-order valence-corrected chi connectivity index (χ4v) is 4.00. The van der Waals surface area contributed by atoms with Crippen LogP contribution in [0.3, 0.4) is 0 Å². The topological polar surface area (TPSA) is 138 Å². The lowest BCUT2D eigenvalue weighted by Gasteiger charge is -2.17. The highest BCUT2D eigenvalue weighted by Crippen LogP contribution is 2.34. The maximum absolute atomic E-state index is 13.1. The molecule has 0 atom stereocenters. The molecule has 10 heteroatoms. The number of imide groups is 1. The highest BCUT2D eigenvalue weighted by molar-refractivity contribution is 7.89. The Labute approximate surface area is 188 Å². The van der Waals surface area contributed by atoms with Crippen LogP contribution in [0.2, 0.25) is 0 Å². The number of hydrogen-bond donors (Lipinski definition) is 2. The molecule has 0 spiro atoms. The number of carboxylic acids is 1. The van der Waals surface area contributed by atoms with Crippen molar-refractivity contribution in [1.82, 2.24) is 4.72 Å². The summed E-state index contributed by atoms with van der Waals surface area (Å²) < 4.78 is 24.4. The summed E-state index contributed by atoms with van der Waals surface area (Å²) in [6.45, 7) is 0. The van der Waals surface area contributed by atoms with Crippen molar-refractivity contribution in [2.75, 3.05) is 11.2 Å². The fraction of sp³-hybridized carbons (Fsp3) is 0.0435. The minimum absolute atomic E-state index is 0.0284. The summed E-state index contributed by atoms with van der Waals surface area (Å²) >= 11 is 0. The zero-order chi connectivity index (χ0) is 23.9. The SMILES string of the molecule is CS(=O)(=O)NC(=O)c1ccc2c(c1)C(=O)N(c1ccc(-c3ccccc3)cc1C(=O)O)C2=O. The number of hydrogen-bond acceptors (Lipinski definition) is 6. The molecule has 1 heterocycles. The van der Waals surface area contributed by atoms with Crippen LogP contribution in [-0.2, 0) is 10.0 Å². The lowest BCUT2D eigenvalue weighted by Crippen LogP contribution is -2.31. The van der Waals surface area contributed by atoms with E-state index in [1.807, 2.05) is 6.07 Å². The molecule has 9 nitrogen and oxygen atoms in total. The van der Waals surface area contributed by atoms with Gasteiger partial charge in [0.15, 0.2) is 0 Å². The van der Waals surface area contributed by atoms with Gasteiger partial charge in [0.2, 0.25) is 10.0 Å². The number of nitrogens with one attached hydrogen (secondary N) is 1. The Kier molecular flexibility index (Phi) is 5.30. The van der Waals surface area contributed by atoms with Crippen molar-refractivity contribution in [3.05, 3.63) is 89.0 Å². The van der Waals surface area contributed by atoms with E-state index in [9.17, 15) is 32.7 Å². The molecule has 3 amide bonds. The third-order valence-corrected chi connectivity index (χ3v) is 5.56. The number of carbonyl (C=O) groups excluding carboxylic acids is 3. The largest absolute Gasteiger partial charge is 0.478 e. The number of benzene rings is 3. The standard InChI is InChI=1S/C23H16N2O7S/c1-33(31,32)24-20(26)15-7-9-16-17(12-15)22(28)25(21(16)27)19-10-8-14(11-18(19)23(29)30)13-5-3-2-4-6-13/h2-12H,1H3,(H,24,26)(H,29,30). The monoisotopic (exact) mass is 464 g/mol. The summed E-state index contributed by atoms with van der Waals surface area (Å²) in [4.78, 5) is 50.9. The van der Waals surface area contributed by atoms with Crippen molar-refractivity contribution >= 4 is 39.4 Å². The minimum atomic E-state index is -3.83. The van der Waals surface area contributed by atoms with Gasteiger partial charge in [0.1, 0.15) is 0 Å². The third kappa shape index (κ3) is 4.11. The third-order valence-electron chi connectivity index (χ3n) is 5.00. The van der Waals surface area contributed by atoms with Crippen LogP contribution in [0.15, 0.2) is 66.7 Å². The molecule has 0 saturated heterocycles. The van der Waals surface area contributed by atoms with E-state index in [0.717, 1.165) is 22.8 Å². The van der Waals surface area contributed by atoms with E-state index in [4.69, 9.17) is 0 Å². The van der Waals surface area contributed by atoms with Crippen LogP contribution < -0.4 is 9.62 Å². The smallest absolute Gasteiger partial charge is 0.337 e. The van der Waals surface area contributed by atoms with Gasteiger partial charge in [-0.2, -0.15) is 0 Å². The first-order chi connectivity index (χ1) is 15.6. The number of amides is 3. The predicted octanol–water partition coefficient (Wildman–Crippen LogP) is 2.54. The number of sulfonamides is 1. The van der Waals surface area contributed by atoms with E-state index in [-0.39, 0.29) is 27.9 Å². The average Bonchev–Trinajstić information content (AvgIpc) is 3.02. The Bertz CT molecular complexity index is 1450. The maximum atomic E-state index is 13.1. The molecule has 0 fully saturated rings. The van der Waals surface area contributed by atoms with Crippen LogP contribution in [0.4, 0.5) is 5.69 Å². The molecule has 1 aliphatic rings. The van der Waals surface area contributed by atoms with E-state index in [1.54, 1.807) is 35.1 Å². The molecule has 2 N–H and O–H groups in total. The predicted molar refractivity (Wildman–Crippen MR) is 119 cm³/mol. The van der Waals surface area contributed by atoms with Crippen LogP contribution in [-0.4, -0.2) is 43.5 Å². The zero-order valence-corrected chi connectivity index (χ0v) is 17.9. The lowest BCUT2D eigenvalue weighted by atomic mass is 10.0. The molecule has 0 aromatic heterocycles. The van der Waals surface area contributed by atoms with Gasteiger partial charge in [-0.3, -0.25) is 14.4 Å². The van der Waals surface area contributed by atoms with Crippen molar-refractivity contribution in [3.63, 3.8) is 0 Å². The Morgan fingerprint density at radius 3 is 2.15 bits per heavy atom. The Morgan fingerprint density at radius 1 is 0.848 bits per heavy atom. The summed E-state index contributed by atoms with van der Waals surface area (Å²) in [7, 11) is -3.83. The van der Waals surface area contributed by atoms with Gasteiger partial charge in [-0.25, -0.2) is 22.8 Å². The van der Waals surface area contributed by atoms with Crippen molar-refractivity contribution in [2.45, 2.75) is 0 Å². The number of fused-ring (bicyclic) bond motifs is 1. The number of carbonyl (C=O) groups is 4. The first-order valence-corrected chi connectivity index (χ1v) is 11.4. The number of aromatic carboxylic acids is 1. The van der Waals surface area contributed by atoms with Gasteiger partial charge in [-0.05, 0) is 41.5 Å². The molecule has 3 aromatic carbocycles. The molecular formula is C23H16N2O7S. The molecule has 0 radical (unpaired) electrons. The summed E-state index contributed by atoms with van der Waals surface area (Å²) in [5.74, 6) is -3.86. The van der Waals surface area contributed by atoms with Gasteiger partial charge in [0.05, 0.1) is 28.6 Å². The van der Waals surface area contributed by atoms with E-state index >= 15 is 0 Å². The summed E-state index contributed by atoms with van der Waals surface area (Å²) in [6, 6.07) is 16.9. The molecule has 0 aliphatic carbocycles. The van der Waals surface area contributed by atoms with Crippen molar-refractivity contribution in [3.8, 4) is 11.1 Å². The first kappa shape index (κ1) is 21.9. The fourth-order valence-electron chi connectivity index (χ4n) is 3.54. The van der Waals surface area contributed by atoms with E-state index in [1.165, 1.54) is 24.3 Å². The highest BCUT2D eigenvalue weighted by atomic mass is 32.2. The molecule has 166 valence electrons. The van der Waals surface area contributed by atoms with Gasteiger partial charge >= 0.3 is 5.97 Å². The van der Waals surface area contributed by atoms with Crippen LogP contribution in [0.5, 0.6) is 0 Å². The van der Waals surface area contributed by atoms with Crippen molar-refractivity contribution in [1.29, 1.82) is 0 Å². The molecule has 0 saturated carbocycles. The summed E-state index contributed by atoms with van der Waals surface area (Å²) in [5, 5.41) is 9.75. The second-order valence-corrected chi connectivity index (χ2v) is 9.06. The van der Waals surface area contributed by atoms with E-state index in [0.29, 0.717) is 5.56 Å². The normalized spacial score (nSPS) is 13.1. The molecule has 4 rings (SSSR count). The second-order valence-electron chi connectivity index (χ2n) is 7.31. The van der Waals surface area contributed by atoms with E-state index in [2.05, 4.69) is 0 Å². The molecule has 33 heavy (non-hydrogen) atoms. The van der Waals surface area contributed by atoms with Gasteiger partial charge in [-0.1, -0.05) is 36.4 Å². The first-order valence-electron chi connectivity index (χ1n) is 9.54. The summed E-state index contributed by atoms with van der Waals surface area (Å²) in [5.41, 5.74) is 0.684. The molecule has 0 bridgehead atoms. The van der Waals surface area contributed by atoms with Gasteiger partial charge in [0, 0.05) is 5.56 Å². The molecule has 3 aromatic rings. The molecule has 1 aliphatic heterocycles. The highest BCUT2D eigenvalue weighted by Gasteiger charge is 2.39. The van der Waals surface area contributed by atoms with Gasteiger partial charge in [0.25, 0.3) is 17.7 Å².